The Balaban J connectivity index is 2.04. The predicted octanol–water partition coefficient (Wildman–Crippen LogP) is 3.07. The fourth-order valence-corrected chi connectivity index (χ4v) is 2.97. The van der Waals surface area contributed by atoms with Crippen LogP contribution in [-0.4, -0.2) is 30.6 Å². The lowest BCUT2D eigenvalue weighted by Crippen LogP contribution is -2.54. The minimum atomic E-state index is 0.445. The first-order valence-electron chi connectivity index (χ1n) is 7.64. The number of hydrogen-bond donors (Lipinski definition) is 1. The maximum atomic E-state index is 3.71. The molecule has 0 radical (unpaired) electrons. The zero-order valence-electron chi connectivity index (χ0n) is 12.9. The summed E-state index contributed by atoms with van der Waals surface area (Å²) in [6, 6.07) is 11.8. The zero-order valence-corrected chi connectivity index (χ0v) is 12.9. The molecule has 2 nitrogen and oxygen atoms in total. The summed E-state index contributed by atoms with van der Waals surface area (Å²) in [5.74, 6) is 6.87. The van der Waals surface area contributed by atoms with Crippen LogP contribution in [0.1, 0.15) is 38.8 Å². The van der Waals surface area contributed by atoms with E-state index < -0.39 is 0 Å². The summed E-state index contributed by atoms with van der Waals surface area (Å²) in [4.78, 5) is 2.61. The van der Waals surface area contributed by atoms with Crippen LogP contribution in [0, 0.1) is 17.8 Å². The molecular weight excluding hydrogens is 244 g/mol. The summed E-state index contributed by atoms with van der Waals surface area (Å²) in [6.45, 7) is 9.77. The van der Waals surface area contributed by atoms with Crippen LogP contribution in [-0.2, 0) is 0 Å². The number of benzene rings is 1. The Hall–Kier alpha value is -1.30. The van der Waals surface area contributed by atoms with E-state index in [-0.39, 0.29) is 0 Å². The second-order valence-corrected chi connectivity index (χ2v) is 5.85. The van der Waals surface area contributed by atoms with Gasteiger partial charge in [0.05, 0.1) is 0 Å². The van der Waals surface area contributed by atoms with Crippen molar-refractivity contribution < 1.29 is 0 Å². The average molecular weight is 270 g/mol. The van der Waals surface area contributed by atoms with Gasteiger partial charge in [-0.05, 0) is 18.4 Å². The monoisotopic (exact) mass is 270 g/mol. The third-order valence-electron chi connectivity index (χ3n) is 4.13. The van der Waals surface area contributed by atoms with Gasteiger partial charge >= 0.3 is 0 Å². The first kappa shape index (κ1) is 15.1. The molecule has 0 aliphatic carbocycles. The van der Waals surface area contributed by atoms with Crippen molar-refractivity contribution >= 4 is 0 Å². The fraction of sp³-hybridized carbons (Fsp3) is 0.556. The number of nitrogens with one attached hydrogen (secondary N) is 1. The molecule has 1 aromatic carbocycles. The highest BCUT2D eigenvalue weighted by Crippen LogP contribution is 2.23. The Morgan fingerprint density at radius 3 is 2.70 bits per heavy atom. The molecule has 2 atom stereocenters. The Morgan fingerprint density at radius 1 is 1.30 bits per heavy atom. The van der Waals surface area contributed by atoms with Crippen LogP contribution in [0.2, 0.25) is 0 Å². The largest absolute Gasteiger partial charge is 0.307 e. The minimum absolute atomic E-state index is 0.445. The zero-order chi connectivity index (χ0) is 14.4. The van der Waals surface area contributed by atoms with Crippen molar-refractivity contribution in [2.75, 3.05) is 19.6 Å². The molecular formula is C18H26N2. The van der Waals surface area contributed by atoms with E-state index in [2.05, 4.69) is 66.2 Å². The highest BCUT2D eigenvalue weighted by Gasteiger charge is 2.29. The Morgan fingerprint density at radius 2 is 2.05 bits per heavy atom. The molecule has 0 bridgehead atoms. The van der Waals surface area contributed by atoms with Crippen LogP contribution in [0.3, 0.4) is 0 Å². The van der Waals surface area contributed by atoms with Crippen molar-refractivity contribution in [3.63, 3.8) is 0 Å². The standard InChI is InChI=1S/C18H26N2/c1-4-5-9-12-20-14-17(16-10-7-6-8-11-16)19-13-18(20)15(2)3/h6-8,10-11,15,17-19H,9,12-14H2,1-3H3. The maximum Gasteiger partial charge on any atom is 0.0449 e. The molecule has 2 rings (SSSR count). The summed E-state index contributed by atoms with van der Waals surface area (Å²) in [6.07, 6.45) is 0.973. The number of piperazine rings is 1. The van der Waals surface area contributed by atoms with Crippen molar-refractivity contribution in [1.29, 1.82) is 0 Å². The highest BCUT2D eigenvalue weighted by molar-refractivity contribution is 5.20. The normalized spacial score (nSPS) is 23.4. The molecule has 1 aliphatic rings. The van der Waals surface area contributed by atoms with Gasteiger partial charge in [0.25, 0.3) is 0 Å². The lowest BCUT2D eigenvalue weighted by molar-refractivity contribution is 0.101. The van der Waals surface area contributed by atoms with Crippen LogP contribution < -0.4 is 5.32 Å². The Labute approximate surface area is 123 Å². The summed E-state index contributed by atoms with van der Waals surface area (Å²) in [5.41, 5.74) is 1.39. The molecule has 1 saturated heterocycles. The van der Waals surface area contributed by atoms with E-state index in [1.807, 2.05) is 6.92 Å². The summed E-state index contributed by atoms with van der Waals surface area (Å²) < 4.78 is 0. The first-order valence-corrected chi connectivity index (χ1v) is 7.64. The topological polar surface area (TPSA) is 15.3 Å². The summed E-state index contributed by atoms with van der Waals surface area (Å²) in [7, 11) is 0. The van der Waals surface area contributed by atoms with E-state index in [1.165, 1.54) is 5.56 Å². The van der Waals surface area contributed by atoms with E-state index in [4.69, 9.17) is 0 Å². The van der Waals surface area contributed by atoms with Gasteiger partial charge in [-0.25, -0.2) is 0 Å². The molecule has 0 spiro atoms. The second-order valence-electron chi connectivity index (χ2n) is 5.85. The molecule has 1 N–H and O–H groups in total. The van der Waals surface area contributed by atoms with E-state index in [0.717, 1.165) is 26.1 Å². The van der Waals surface area contributed by atoms with Gasteiger partial charge in [0, 0.05) is 38.1 Å². The molecule has 20 heavy (non-hydrogen) atoms. The van der Waals surface area contributed by atoms with Crippen LogP contribution in [0.25, 0.3) is 0 Å². The molecule has 0 aromatic heterocycles. The smallest absolute Gasteiger partial charge is 0.0449 e. The fourth-order valence-electron chi connectivity index (χ4n) is 2.97. The van der Waals surface area contributed by atoms with Crippen molar-refractivity contribution in [3.05, 3.63) is 35.9 Å². The van der Waals surface area contributed by atoms with Crippen LogP contribution in [0.15, 0.2) is 30.3 Å². The Kier molecular flexibility index (Phi) is 5.64. The average Bonchev–Trinajstić information content (AvgIpc) is 2.48. The van der Waals surface area contributed by atoms with E-state index in [0.29, 0.717) is 18.0 Å². The number of hydrogen-bond acceptors (Lipinski definition) is 2. The van der Waals surface area contributed by atoms with Gasteiger partial charge in [-0.2, -0.15) is 0 Å². The third-order valence-corrected chi connectivity index (χ3v) is 4.13. The molecule has 1 aromatic rings. The maximum absolute atomic E-state index is 3.71. The molecule has 1 aliphatic heterocycles. The van der Waals surface area contributed by atoms with Crippen LogP contribution in [0.4, 0.5) is 0 Å². The van der Waals surface area contributed by atoms with Crippen molar-refractivity contribution in [2.24, 2.45) is 5.92 Å². The summed E-state index contributed by atoms with van der Waals surface area (Å²) >= 11 is 0. The molecule has 0 amide bonds. The second kappa shape index (κ2) is 7.47. The van der Waals surface area contributed by atoms with E-state index in [1.54, 1.807) is 0 Å². The number of nitrogens with zero attached hydrogens (tertiary/aromatic N) is 1. The van der Waals surface area contributed by atoms with Crippen molar-refractivity contribution in [3.8, 4) is 11.8 Å². The highest BCUT2D eigenvalue weighted by atomic mass is 15.2. The first-order chi connectivity index (χ1) is 9.72. The minimum Gasteiger partial charge on any atom is -0.307 e. The van der Waals surface area contributed by atoms with Crippen LogP contribution in [0.5, 0.6) is 0 Å². The van der Waals surface area contributed by atoms with Gasteiger partial charge in [-0.3, -0.25) is 4.90 Å². The molecule has 2 heteroatoms. The van der Waals surface area contributed by atoms with Gasteiger partial charge in [-0.15, -0.1) is 11.8 Å². The third kappa shape index (κ3) is 3.85. The van der Waals surface area contributed by atoms with Crippen molar-refractivity contribution in [2.45, 2.75) is 39.3 Å². The molecule has 2 unspecified atom stereocenters. The molecule has 1 fully saturated rings. The lowest BCUT2D eigenvalue weighted by atomic mass is 9.95. The Bertz CT molecular complexity index is 455. The van der Waals surface area contributed by atoms with E-state index >= 15 is 0 Å². The summed E-state index contributed by atoms with van der Waals surface area (Å²) in [5, 5.41) is 3.71. The molecule has 1 heterocycles. The molecule has 108 valence electrons. The van der Waals surface area contributed by atoms with Gasteiger partial charge < -0.3 is 5.32 Å². The van der Waals surface area contributed by atoms with Gasteiger partial charge in [0.2, 0.25) is 0 Å². The van der Waals surface area contributed by atoms with Crippen LogP contribution >= 0.6 is 0 Å². The van der Waals surface area contributed by atoms with Gasteiger partial charge in [-0.1, -0.05) is 44.2 Å². The van der Waals surface area contributed by atoms with Gasteiger partial charge in [0.15, 0.2) is 0 Å². The predicted molar refractivity (Wildman–Crippen MR) is 85.5 cm³/mol. The molecule has 0 saturated carbocycles. The van der Waals surface area contributed by atoms with Gasteiger partial charge in [0.1, 0.15) is 0 Å². The van der Waals surface area contributed by atoms with Crippen molar-refractivity contribution in [1.82, 2.24) is 10.2 Å². The van der Waals surface area contributed by atoms with E-state index in [9.17, 15) is 0 Å². The lowest BCUT2D eigenvalue weighted by Gasteiger charge is -2.42. The SMILES string of the molecule is CC#CCCN1CC(c2ccccc2)NCC1C(C)C. The quantitative estimate of drug-likeness (QED) is 0.846. The number of rotatable bonds is 4.